The zero-order valence-corrected chi connectivity index (χ0v) is 17.6. The molecular formula is C15H25N4O6S2-. The minimum Gasteiger partial charge on any atom is -0.772 e. The van der Waals surface area contributed by atoms with E-state index in [0.29, 0.717) is 6.54 Å². The second-order valence-corrected chi connectivity index (χ2v) is 7.58. The molecule has 3 unspecified atom stereocenters. The van der Waals surface area contributed by atoms with Crippen molar-refractivity contribution in [3.8, 4) is 11.8 Å². The lowest BCUT2D eigenvalue weighted by Gasteiger charge is -2.35. The van der Waals surface area contributed by atoms with E-state index in [1.807, 2.05) is 6.92 Å². The number of ether oxygens (including phenoxy) is 3. The topological polar surface area (TPSA) is 135 Å². The predicted molar refractivity (Wildman–Crippen MR) is 100 cm³/mol. The summed E-state index contributed by atoms with van der Waals surface area (Å²) in [6.07, 6.45) is 0.806. The van der Waals surface area contributed by atoms with Crippen LogP contribution in [0.2, 0.25) is 0 Å². The minimum absolute atomic E-state index is 0.182. The molecule has 0 spiro atoms. The van der Waals surface area contributed by atoms with Crippen LogP contribution in [0.15, 0.2) is 11.2 Å². The highest BCUT2D eigenvalue weighted by Gasteiger charge is 2.41. The first-order valence-electron chi connectivity index (χ1n) is 8.07. The van der Waals surface area contributed by atoms with Crippen LogP contribution in [0, 0.1) is 0 Å². The SMILES string of the molecule is CCCNNC(=O)C(Sc1nc(OC)cc(OC)n1)C(C)(CS(=O)[O-])OC. The average Bonchev–Trinajstić information content (AvgIpc) is 2.65. The fourth-order valence-corrected chi connectivity index (χ4v) is 3.97. The quantitative estimate of drug-likeness (QED) is 0.159. The summed E-state index contributed by atoms with van der Waals surface area (Å²) in [6, 6.07) is 1.49. The summed E-state index contributed by atoms with van der Waals surface area (Å²) in [5.74, 6) is -0.351. The molecule has 0 saturated carbocycles. The highest BCUT2D eigenvalue weighted by molar-refractivity contribution is 8.00. The van der Waals surface area contributed by atoms with Gasteiger partial charge in [-0.05, 0) is 13.3 Å². The van der Waals surface area contributed by atoms with Crippen molar-refractivity contribution in [1.82, 2.24) is 20.8 Å². The van der Waals surface area contributed by atoms with Crippen molar-refractivity contribution in [2.75, 3.05) is 33.6 Å². The van der Waals surface area contributed by atoms with E-state index >= 15 is 0 Å². The van der Waals surface area contributed by atoms with Crippen molar-refractivity contribution in [2.24, 2.45) is 0 Å². The van der Waals surface area contributed by atoms with Gasteiger partial charge in [0.25, 0.3) is 5.91 Å². The van der Waals surface area contributed by atoms with Crippen LogP contribution in [0.25, 0.3) is 0 Å². The maximum absolute atomic E-state index is 12.7. The number of amides is 1. The summed E-state index contributed by atoms with van der Waals surface area (Å²) in [5.41, 5.74) is 4.02. The van der Waals surface area contributed by atoms with Gasteiger partial charge >= 0.3 is 0 Å². The Hall–Kier alpha value is -1.47. The summed E-state index contributed by atoms with van der Waals surface area (Å²) >= 11 is -1.47. The third kappa shape index (κ3) is 7.22. The highest BCUT2D eigenvalue weighted by atomic mass is 32.2. The van der Waals surface area contributed by atoms with Gasteiger partial charge in [-0.25, -0.2) is 5.43 Å². The van der Waals surface area contributed by atoms with Crippen molar-refractivity contribution in [2.45, 2.75) is 36.3 Å². The smallest absolute Gasteiger partial charge is 0.250 e. The third-order valence-corrected chi connectivity index (χ3v) is 5.70. The first kappa shape index (κ1) is 23.6. The normalized spacial score (nSPS) is 15.5. The zero-order chi connectivity index (χ0) is 20.4. The fraction of sp³-hybridized carbons (Fsp3) is 0.667. The molecule has 0 aliphatic heterocycles. The Morgan fingerprint density at radius 1 is 1.33 bits per heavy atom. The van der Waals surface area contributed by atoms with Gasteiger partial charge in [0.1, 0.15) is 5.25 Å². The molecule has 3 atom stereocenters. The lowest BCUT2D eigenvalue weighted by molar-refractivity contribution is -0.126. The second-order valence-electron chi connectivity index (χ2n) is 5.61. The molecule has 0 radical (unpaired) electrons. The van der Waals surface area contributed by atoms with Crippen molar-refractivity contribution in [3.63, 3.8) is 0 Å². The van der Waals surface area contributed by atoms with Crippen molar-refractivity contribution in [3.05, 3.63) is 6.07 Å². The first-order valence-corrected chi connectivity index (χ1v) is 10.2. The number of hydrogen-bond donors (Lipinski definition) is 2. The van der Waals surface area contributed by atoms with Crippen molar-refractivity contribution >= 4 is 28.7 Å². The molecule has 0 bridgehead atoms. The molecule has 27 heavy (non-hydrogen) atoms. The Morgan fingerprint density at radius 3 is 2.37 bits per heavy atom. The molecule has 154 valence electrons. The lowest BCUT2D eigenvalue weighted by Crippen LogP contribution is -2.54. The maximum Gasteiger partial charge on any atom is 0.250 e. The van der Waals surface area contributed by atoms with Crippen LogP contribution in [0.3, 0.4) is 0 Å². The molecule has 2 N–H and O–H groups in total. The summed E-state index contributed by atoms with van der Waals surface area (Å²) in [5, 5.41) is -0.789. The van der Waals surface area contributed by atoms with Crippen molar-refractivity contribution < 1.29 is 27.8 Å². The predicted octanol–water partition coefficient (Wildman–Crippen LogP) is 0.270. The van der Waals surface area contributed by atoms with E-state index in [1.54, 1.807) is 0 Å². The molecule has 0 aliphatic rings. The zero-order valence-electron chi connectivity index (χ0n) is 15.9. The van der Waals surface area contributed by atoms with Crippen molar-refractivity contribution in [1.29, 1.82) is 0 Å². The number of hydrazine groups is 1. The van der Waals surface area contributed by atoms with Gasteiger partial charge in [0.2, 0.25) is 11.8 Å². The fourth-order valence-electron chi connectivity index (χ4n) is 2.02. The van der Waals surface area contributed by atoms with Gasteiger partial charge in [0.05, 0.1) is 25.9 Å². The van der Waals surface area contributed by atoms with E-state index in [1.165, 1.54) is 34.3 Å². The Kier molecular flexibility index (Phi) is 9.94. The number of carbonyl (C=O) groups excluding carboxylic acids is 1. The molecule has 10 nitrogen and oxygen atoms in total. The molecule has 0 aromatic carbocycles. The number of nitrogens with zero attached hydrogens (tertiary/aromatic N) is 2. The Morgan fingerprint density at radius 2 is 1.93 bits per heavy atom. The first-order chi connectivity index (χ1) is 12.8. The van der Waals surface area contributed by atoms with Crippen LogP contribution in [-0.4, -0.2) is 69.1 Å². The molecule has 1 rings (SSSR count). The molecule has 1 amide bonds. The highest BCUT2D eigenvalue weighted by Crippen LogP contribution is 2.33. The second kappa shape index (κ2) is 11.4. The van der Waals surface area contributed by atoms with Gasteiger partial charge in [-0.15, -0.1) is 0 Å². The Labute approximate surface area is 165 Å². The van der Waals surface area contributed by atoms with E-state index in [0.717, 1.165) is 18.2 Å². The average molecular weight is 422 g/mol. The van der Waals surface area contributed by atoms with Crippen LogP contribution in [0.1, 0.15) is 20.3 Å². The van der Waals surface area contributed by atoms with Crippen LogP contribution >= 0.6 is 11.8 Å². The third-order valence-electron chi connectivity index (χ3n) is 3.55. The number of rotatable bonds is 12. The molecule has 0 aliphatic carbocycles. The van der Waals surface area contributed by atoms with Crippen LogP contribution in [-0.2, 0) is 20.6 Å². The van der Waals surface area contributed by atoms with Gasteiger partial charge in [0.15, 0.2) is 5.16 Å². The molecule has 12 heteroatoms. The van der Waals surface area contributed by atoms with E-state index < -0.39 is 27.8 Å². The van der Waals surface area contributed by atoms with E-state index in [-0.39, 0.29) is 22.7 Å². The van der Waals surface area contributed by atoms with Gasteiger partial charge in [-0.1, -0.05) is 29.8 Å². The summed E-state index contributed by atoms with van der Waals surface area (Å²) < 4.78 is 38.2. The number of hydrogen-bond acceptors (Lipinski definition) is 10. The number of carbonyl (C=O) groups is 1. The van der Waals surface area contributed by atoms with E-state index in [4.69, 9.17) is 14.2 Å². The molecule has 1 aromatic heterocycles. The Balaban J connectivity index is 3.20. The maximum atomic E-state index is 12.7. The van der Waals surface area contributed by atoms with Gasteiger partial charge in [-0.3, -0.25) is 14.4 Å². The monoisotopic (exact) mass is 421 g/mol. The summed E-state index contributed by atoms with van der Waals surface area (Å²) in [7, 11) is 4.23. The van der Waals surface area contributed by atoms with E-state index in [2.05, 4.69) is 20.8 Å². The summed E-state index contributed by atoms with van der Waals surface area (Å²) in [4.78, 5) is 21.1. The molecule has 0 fully saturated rings. The van der Waals surface area contributed by atoms with Crippen LogP contribution in [0.4, 0.5) is 0 Å². The van der Waals surface area contributed by atoms with E-state index in [9.17, 15) is 13.6 Å². The van der Waals surface area contributed by atoms with Gasteiger partial charge in [0, 0.05) is 19.4 Å². The molecule has 1 aromatic rings. The van der Waals surface area contributed by atoms with Gasteiger partial charge < -0.3 is 18.8 Å². The lowest BCUT2D eigenvalue weighted by atomic mass is 10.0. The Bertz CT molecular complexity index is 628. The number of thioether (sulfide) groups is 1. The largest absolute Gasteiger partial charge is 0.772 e. The molecule has 0 saturated heterocycles. The van der Waals surface area contributed by atoms with Gasteiger partial charge in [-0.2, -0.15) is 9.97 Å². The number of aromatic nitrogens is 2. The van der Waals surface area contributed by atoms with Crippen LogP contribution < -0.4 is 20.3 Å². The molecule has 1 heterocycles. The van der Waals surface area contributed by atoms with Crippen LogP contribution in [0.5, 0.6) is 11.8 Å². The molecular weight excluding hydrogens is 396 g/mol. The number of nitrogens with one attached hydrogen (secondary N) is 2. The summed E-state index contributed by atoms with van der Waals surface area (Å²) in [6.45, 7) is 4.04. The number of methoxy groups -OCH3 is 3. The standard InChI is InChI=1S/C15H26N4O6S2/c1-6-7-16-19-13(20)12(15(2,25-5)9-27(21)22)26-14-17-10(23-3)8-11(18-14)24-4/h8,12,16H,6-7,9H2,1-5H3,(H,19,20)(H,21,22)/p-1. The minimum atomic E-state index is -2.43.